The van der Waals surface area contributed by atoms with E-state index in [-0.39, 0.29) is 22.3 Å². The largest absolute Gasteiger partial charge is 0.465 e. The summed E-state index contributed by atoms with van der Waals surface area (Å²) in [5, 5.41) is 2.51. The third kappa shape index (κ3) is 3.61. The molecule has 2 N–H and O–H groups in total. The Kier molecular flexibility index (Phi) is 4.84. The highest BCUT2D eigenvalue weighted by atomic mass is 19.1. The van der Waals surface area contributed by atoms with Crippen LogP contribution in [0.3, 0.4) is 0 Å². The lowest BCUT2D eigenvalue weighted by Gasteiger charge is -2.12. The Balaban J connectivity index is 1.96. The van der Waals surface area contributed by atoms with Crippen molar-refractivity contribution in [1.29, 1.82) is 0 Å². The predicted octanol–water partition coefficient (Wildman–Crippen LogP) is 1.25. The van der Waals surface area contributed by atoms with Gasteiger partial charge in [-0.25, -0.2) is 9.18 Å². The minimum atomic E-state index is -0.976. The minimum Gasteiger partial charge on any atom is -0.465 e. The number of esters is 1. The average molecular weight is 371 g/mol. The molecule has 0 aliphatic heterocycles. The number of benzene rings is 2. The number of nitrogens with one attached hydrogen (secondary N) is 2. The van der Waals surface area contributed by atoms with Crippen LogP contribution in [0.1, 0.15) is 10.4 Å². The number of ether oxygens (including phenoxy) is 1. The fourth-order valence-electron chi connectivity index (χ4n) is 2.62. The number of H-pyrrole nitrogens is 1. The SMILES string of the molecule is COC(=O)c1ccccc1NC(=O)Cn1c(=O)c(=O)[nH]c2cc(F)ccc21. The van der Waals surface area contributed by atoms with Gasteiger partial charge in [-0.1, -0.05) is 12.1 Å². The Morgan fingerprint density at radius 2 is 1.93 bits per heavy atom. The smallest absolute Gasteiger partial charge is 0.339 e. The lowest BCUT2D eigenvalue weighted by Crippen LogP contribution is -2.39. The van der Waals surface area contributed by atoms with E-state index >= 15 is 0 Å². The molecule has 0 aliphatic carbocycles. The highest BCUT2D eigenvalue weighted by molar-refractivity contribution is 6.01. The lowest BCUT2D eigenvalue weighted by molar-refractivity contribution is -0.116. The maximum Gasteiger partial charge on any atom is 0.339 e. The number of para-hydroxylation sites is 1. The summed E-state index contributed by atoms with van der Waals surface area (Å²) < 4.78 is 19.0. The van der Waals surface area contributed by atoms with E-state index in [4.69, 9.17) is 0 Å². The molecule has 3 rings (SSSR count). The summed E-state index contributed by atoms with van der Waals surface area (Å²) in [7, 11) is 1.21. The zero-order chi connectivity index (χ0) is 19.6. The van der Waals surface area contributed by atoms with E-state index in [9.17, 15) is 23.6 Å². The Labute approximate surface area is 151 Å². The number of halogens is 1. The zero-order valence-electron chi connectivity index (χ0n) is 14.1. The first-order valence-corrected chi connectivity index (χ1v) is 7.80. The van der Waals surface area contributed by atoms with Gasteiger partial charge in [-0.2, -0.15) is 0 Å². The van der Waals surface area contributed by atoms with E-state index in [1.165, 1.54) is 25.3 Å². The molecule has 9 heteroatoms. The number of anilines is 1. The van der Waals surface area contributed by atoms with E-state index in [0.29, 0.717) is 0 Å². The molecule has 1 aromatic heterocycles. The van der Waals surface area contributed by atoms with Gasteiger partial charge >= 0.3 is 17.1 Å². The zero-order valence-corrected chi connectivity index (χ0v) is 14.1. The predicted molar refractivity (Wildman–Crippen MR) is 95.2 cm³/mol. The van der Waals surface area contributed by atoms with E-state index < -0.39 is 35.4 Å². The van der Waals surface area contributed by atoms with Gasteiger partial charge in [-0.15, -0.1) is 0 Å². The number of fused-ring (bicyclic) bond motifs is 1. The molecule has 138 valence electrons. The van der Waals surface area contributed by atoms with Gasteiger partial charge in [0.25, 0.3) is 0 Å². The molecule has 0 spiro atoms. The summed E-state index contributed by atoms with van der Waals surface area (Å²) in [6, 6.07) is 9.64. The number of carbonyl (C=O) groups excluding carboxylic acids is 2. The molecule has 0 fully saturated rings. The number of aromatic nitrogens is 2. The van der Waals surface area contributed by atoms with Crippen molar-refractivity contribution < 1.29 is 18.7 Å². The first kappa shape index (κ1) is 18.1. The van der Waals surface area contributed by atoms with Crippen LogP contribution in [0.15, 0.2) is 52.1 Å². The number of carbonyl (C=O) groups is 2. The van der Waals surface area contributed by atoms with Crippen LogP contribution in [0.5, 0.6) is 0 Å². The van der Waals surface area contributed by atoms with Crippen LogP contribution in [0, 0.1) is 5.82 Å². The quantitative estimate of drug-likeness (QED) is 0.530. The molecule has 8 nitrogen and oxygen atoms in total. The molecule has 0 saturated heterocycles. The second-order valence-electron chi connectivity index (χ2n) is 5.59. The Bertz CT molecular complexity index is 1170. The van der Waals surface area contributed by atoms with Crippen LogP contribution >= 0.6 is 0 Å². The van der Waals surface area contributed by atoms with Gasteiger partial charge in [-0.3, -0.25) is 19.0 Å². The van der Waals surface area contributed by atoms with Gasteiger partial charge < -0.3 is 15.0 Å². The molecule has 27 heavy (non-hydrogen) atoms. The van der Waals surface area contributed by atoms with Crippen LogP contribution in [0.4, 0.5) is 10.1 Å². The molecule has 1 amide bonds. The average Bonchev–Trinajstić information content (AvgIpc) is 2.65. The van der Waals surface area contributed by atoms with Gasteiger partial charge in [0.05, 0.1) is 29.4 Å². The third-order valence-electron chi connectivity index (χ3n) is 3.85. The minimum absolute atomic E-state index is 0.0855. The molecule has 0 bridgehead atoms. The van der Waals surface area contributed by atoms with E-state index in [0.717, 1.165) is 16.7 Å². The van der Waals surface area contributed by atoms with Gasteiger partial charge in [0.2, 0.25) is 5.91 Å². The first-order chi connectivity index (χ1) is 12.9. The van der Waals surface area contributed by atoms with Crippen molar-refractivity contribution in [3.05, 3.63) is 74.6 Å². The number of aromatic amines is 1. The van der Waals surface area contributed by atoms with Crippen molar-refractivity contribution >= 4 is 28.6 Å². The standard InChI is InChI=1S/C18H14FN3O5/c1-27-18(26)11-4-2-3-5-12(11)20-15(23)9-22-14-7-6-10(19)8-13(14)21-16(24)17(22)25/h2-8H,9H2,1H3,(H,20,23)(H,21,24). The van der Waals surface area contributed by atoms with Crippen LogP contribution in [0.25, 0.3) is 11.0 Å². The van der Waals surface area contributed by atoms with Gasteiger partial charge in [0.15, 0.2) is 0 Å². The van der Waals surface area contributed by atoms with Crippen LogP contribution in [0.2, 0.25) is 0 Å². The molecule has 3 aromatic rings. The second kappa shape index (κ2) is 7.24. The van der Waals surface area contributed by atoms with Crippen molar-refractivity contribution in [3.8, 4) is 0 Å². The van der Waals surface area contributed by atoms with Crippen LogP contribution < -0.4 is 16.4 Å². The highest BCUT2D eigenvalue weighted by Gasteiger charge is 2.16. The molecular weight excluding hydrogens is 357 g/mol. The summed E-state index contributed by atoms with van der Waals surface area (Å²) in [5.41, 5.74) is -1.32. The fraction of sp³-hybridized carbons (Fsp3) is 0.111. The summed E-state index contributed by atoms with van der Waals surface area (Å²) in [5.74, 6) is -1.88. The highest BCUT2D eigenvalue weighted by Crippen LogP contribution is 2.16. The van der Waals surface area contributed by atoms with Crippen molar-refractivity contribution in [2.45, 2.75) is 6.54 Å². The summed E-state index contributed by atoms with van der Waals surface area (Å²) >= 11 is 0. The van der Waals surface area contributed by atoms with Crippen molar-refractivity contribution in [2.75, 3.05) is 12.4 Å². The molecule has 1 heterocycles. The van der Waals surface area contributed by atoms with Crippen molar-refractivity contribution in [1.82, 2.24) is 9.55 Å². The summed E-state index contributed by atoms with van der Waals surface area (Å²) in [6.07, 6.45) is 0. The maximum atomic E-state index is 13.4. The Morgan fingerprint density at radius 1 is 1.19 bits per heavy atom. The molecule has 0 atom stereocenters. The maximum absolute atomic E-state index is 13.4. The second-order valence-corrected chi connectivity index (χ2v) is 5.59. The first-order valence-electron chi connectivity index (χ1n) is 7.80. The molecule has 0 radical (unpaired) electrons. The number of methoxy groups -OCH3 is 1. The lowest BCUT2D eigenvalue weighted by atomic mass is 10.2. The molecule has 0 saturated carbocycles. The van der Waals surface area contributed by atoms with E-state index in [1.54, 1.807) is 12.1 Å². The van der Waals surface area contributed by atoms with Crippen molar-refractivity contribution in [2.24, 2.45) is 0 Å². The molecule has 0 unspecified atom stereocenters. The fourth-order valence-corrected chi connectivity index (χ4v) is 2.62. The monoisotopic (exact) mass is 371 g/mol. The van der Waals surface area contributed by atoms with Crippen molar-refractivity contribution in [3.63, 3.8) is 0 Å². The summed E-state index contributed by atoms with van der Waals surface area (Å²) in [6.45, 7) is -0.500. The van der Waals surface area contributed by atoms with Crippen LogP contribution in [-0.4, -0.2) is 28.5 Å². The molecular formula is C18H14FN3O5. The van der Waals surface area contributed by atoms with Gasteiger partial charge in [-0.05, 0) is 30.3 Å². The summed E-state index contributed by atoms with van der Waals surface area (Å²) in [4.78, 5) is 50.4. The van der Waals surface area contributed by atoms with E-state index in [1.807, 2.05) is 0 Å². The number of hydrogen-bond acceptors (Lipinski definition) is 5. The van der Waals surface area contributed by atoms with Gasteiger partial charge in [0, 0.05) is 0 Å². The number of hydrogen-bond donors (Lipinski definition) is 2. The van der Waals surface area contributed by atoms with Crippen LogP contribution in [-0.2, 0) is 16.1 Å². The Hall–Kier alpha value is -3.75. The number of nitrogens with zero attached hydrogens (tertiary/aromatic N) is 1. The topological polar surface area (TPSA) is 110 Å². The molecule has 2 aromatic carbocycles. The Morgan fingerprint density at radius 3 is 2.67 bits per heavy atom. The third-order valence-corrected chi connectivity index (χ3v) is 3.85. The normalized spacial score (nSPS) is 10.6. The molecule has 0 aliphatic rings. The number of amides is 1. The van der Waals surface area contributed by atoms with E-state index in [2.05, 4.69) is 15.0 Å². The number of rotatable bonds is 4. The van der Waals surface area contributed by atoms with Gasteiger partial charge in [0.1, 0.15) is 12.4 Å².